The number of rotatable bonds is 7. The molecule has 2 rings (SSSR count). The van der Waals surface area contributed by atoms with Gasteiger partial charge >= 0.3 is 0 Å². The molecule has 106 valence electrons. The summed E-state index contributed by atoms with van der Waals surface area (Å²) in [5, 5.41) is 3.44. The first-order chi connectivity index (χ1) is 9.81. The fourth-order valence-electron chi connectivity index (χ4n) is 2.15. The van der Waals surface area contributed by atoms with Gasteiger partial charge < -0.3 is 5.32 Å². The first kappa shape index (κ1) is 15.1. The van der Waals surface area contributed by atoms with Crippen molar-refractivity contribution in [2.24, 2.45) is 0 Å². The quantitative estimate of drug-likeness (QED) is 0.588. The van der Waals surface area contributed by atoms with Crippen molar-refractivity contribution in [3.8, 4) is 0 Å². The van der Waals surface area contributed by atoms with Gasteiger partial charge in [-0.1, -0.05) is 43.3 Å². The van der Waals surface area contributed by atoms with Crippen LogP contribution in [0.3, 0.4) is 0 Å². The molecule has 0 radical (unpaired) electrons. The highest BCUT2D eigenvalue weighted by atomic mass is 32.2. The zero-order valence-electron chi connectivity index (χ0n) is 11.7. The van der Waals surface area contributed by atoms with Gasteiger partial charge in [0.2, 0.25) is 0 Å². The van der Waals surface area contributed by atoms with Crippen LogP contribution in [0, 0.1) is 5.82 Å². The third-order valence-electron chi connectivity index (χ3n) is 3.19. The van der Waals surface area contributed by atoms with Crippen LogP contribution >= 0.6 is 11.8 Å². The van der Waals surface area contributed by atoms with E-state index >= 15 is 0 Å². The predicted molar refractivity (Wildman–Crippen MR) is 84.6 cm³/mol. The summed E-state index contributed by atoms with van der Waals surface area (Å²) in [6, 6.07) is 17.4. The standard InChI is InChI=1S/C17H20FNS/c1-2-17(15-10-6-7-11-16(15)18)19-12-13-20-14-8-4-3-5-9-14/h3-11,17,19H,2,12-13H2,1H3. The molecular formula is C17H20FNS. The van der Waals surface area contributed by atoms with Gasteiger partial charge in [0.05, 0.1) is 0 Å². The fourth-order valence-corrected chi connectivity index (χ4v) is 2.96. The van der Waals surface area contributed by atoms with Gasteiger partial charge in [0.1, 0.15) is 5.82 Å². The van der Waals surface area contributed by atoms with Crippen molar-refractivity contribution in [2.45, 2.75) is 24.3 Å². The van der Waals surface area contributed by atoms with Crippen LogP contribution in [0.2, 0.25) is 0 Å². The highest BCUT2D eigenvalue weighted by molar-refractivity contribution is 7.99. The van der Waals surface area contributed by atoms with Gasteiger partial charge in [0.25, 0.3) is 0 Å². The Kier molecular flexibility index (Phi) is 6.09. The number of hydrogen-bond donors (Lipinski definition) is 1. The summed E-state index contributed by atoms with van der Waals surface area (Å²) in [6.45, 7) is 2.95. The van der Waals surface area contributed by atoms with Crippen LogP contribution in [0.5, 0.6) is 0 Å². The van der Waals surface area contributed by atoms with Crippen LogP contribution in [-0.4, -0.2) is 12.3 Å². The Labute approximate surface area is 124 Å². The van der Waals surface area contributed by atoms with Gasteiger partial charge in [-0.2, -0.15) is 0 Å². The van der Waals surface area contributed by atoms with Gasteiger partial charge in [-0.25, -0.2) is 4.39 Å². The lowest BCUT2D eigenvalue weighted by molar-refractivity contribution is 0.502. The summed E-state index contributed by atoms with van der Waals surface area (Å²) in [4.78, 5) is 1.27. The number of halogens is 1. The molecule has 2 aromatic rings. The minimum absolute atomic E-state index is 0.0903. The molecule has 0 amide bonds. The maximum atomic E-state index is 13.8. The fraction of sp³-hybridized carbons (Fsp3) is 0.294. The van der Waals surface area contributed by atoms with E-state index in [1.54, 1.807) is 6.07 Å². The average molecular weight is 289 g/mol. The van der Waals surface area contributed by atoms with E-state index in [-0.39, 0.29) is 11.9 Å². The molecule has 3 heteroatoms. The molecule has 1 atom stereocenters. The monoisotopic (exact) mass is 289 g/mol. The first-order valence-corrected chi connectivity index (χ1v) is 7.95. The van der Waals surface area contributed by atoms with Crippen molar-refractivity contribution in [3.05, 3.63) is 66.0 Å². The van der Waals surface area contributed by atoms with Crippen LogP contribution in [0.15, 0.2) is 59.5 Å². The van der Waals surface area contributed by atoms with Crippen LogP contribution in [0.1, 0.15) is 24.9 Å². The summed E-state index contributed by atoms with van der Waals surface area (Å²) < 4.78 is 13.8. The summed E-state index contributed by atoms with van der Waals surface area (Å²) in [5.41, 5.74) is 0.764. The Hall–Kier alpha value is -1.32. The third kappa shape index (κ3) is 4.36. The van der Waals surface area contributed by atoms with E-state index in [4.69, 9.17) is 0 Å². The Bertz CT molecular complexity index is 515. The lowest BCUT2D eigenvalue weighted by atomic mass is 10.0. The molecule has 0 saturated heterocycles. The molecule has 20 heavy (non-hydrogen) atoms. The van der Waals surface area contributed by atoms with Crippen molar-refractivity contribution in [3.63, 3.8) is 0 Å². The van der Waals surface area contributed by atoms with Crippen molar-refractivity contribution in [1.29, 1.82) is 0 Å². The molecule has 0 heterocycles. The topological polar surface area (TPSA) is 12.0 Å². The van der Waals surface area contributed by atoms with E-state index in [1.807, 2.05) is 42.1 Å². The minimum atomic E-state index is -0.123. The lowest BCUT2D eigenvalue weighted by Gasteiger charge is -2.18. The molecule has 0 saturated carbocycles. The second-order valence-corrected chi connectivity index (χ2v) is 5.77. The van der Waals surface area contributed by atoms with Crippen LogP contribution in [-0.2, 0) is 0 Å². The van der Waals surface area contributed by atoms with Gasteiger partial charge in [0, 0.05) is 28.8 Å². The highest BCUT2D eigenvalue weighted by Gasteiger charge is 2.12. The Morgan fingerprint density at radius 2 is 1.75 bits per heavy atom. The number of thioether (sulfide) groups is 1. The maximum Gasteiger partial charge on any atom is 0.127 e. The summed E-state index contributed by atoms with van der Waals surface area (Å²) in [5.74, 6) is 0.858. The second kappa shape index (κ2) is 8.08. The normalized spacial score (nSPS) is 12.3. The van der Waals surface area contributed by atoms with E-state index < -0.39 is 0 Å². The van der Waals surface area contributed by atoms with E-state index in [2.05, 4.69) is 24.4 Å². The van der Waals surface area contributed by atoms with Gasteiger partial charge in [-0.15, -0.1) is 11.8 Å². The molecule has 0 aliphatic rings. The summed E-state index contributed by atoms with van der Waals surface area (Å²) >= 11 is 1.82. The van der Waals surface area contributed by atoms with Crippen molar-refractivity contribution in [2.75, 3.05) is 12.3 Å². The lowest BCUT2D eigenvalue weighted by Crippen LogP contribution is -2.24. The summed E-state index contributed by atoms with van der Waals surface area (Å²) in [6.07, 6.45) is 0.886. The first-order valence-electron chi connectivity index (χ1n) is 6.97. The molecule has 2 aromatic carbocycles. The zero-order valence-corrected chi connectivity index (χ0v) is 12.5. The highest BCUT2D eigenvalue weighted by Crippen LogP contribution is 2.20. The summed E-state index contributed by atoms with van der Waals surface area (Å²) in [7, 11) is 0. The SMILES string of the molecule is CCC(NCCSc1ccccc1)c1ccccc1F. The van der Waals surface area contributed by atoms with Crippen molar-refractivity contribution < 1.29 is 4.39 Å². The van der Waals surface area contributed by atoms with Gasteiger partial charge in [-0.3, -0.25) is 0 Å². The Morgan fingerprint density at radius 3 is 2.45 bits per heavy atom. The molecule has 0 aromatic heterocycles. The van der Waals surface area contributed by atoms with E-state index in [9.17, 15) is 4.39 Å². The number of benzene rings is 2. The predicted octanol–water partition coefficient (Wildman–Crippen LogP) is 4.66. The molecule has 0 fully saturated rings. The molecule has 0 spiro atoms. The largest absolute Gasteiger partial charge is 0.309 e. The van der Waals surface area contributed by atoms with E-state index in [1.165, 1.54) is 11.0 Å². The number of nitrogens with one attached hydrogen (secondary N) is 1. The molecular weight excluding hydrogens is 269 g/mol. The zero-order chi connectivity index (χ0) is 14.2. The molecule has 1 N–H and O–H groups in total. The average Bonchev–Trinajstić information content (AvgIpc) is 2.50. The minimum Gasteiger partial charge on any atom is -0.309 e. The molecule has 1 nitrogen and oxygen atoms in total. The van der Waals surface area contributed by atoms with Crippen molar-refractivity contribution >= 4 is 11.8 Å². The third-order valence-corrected chi connectivity index (χ3v) is 4.21. The van der Waals surface area contributed by atoms with Gasteiger partial charge in [0.15, 0.2) is 0 Å². The molecule has 0 aliphatic heterocycles. The van der Waals surface area contributed by atoms with Crippen LogP contribution < -0.4 is 5.32 Å². The number of hydrogen-bond acceptors (Lipinski definition) is 2. The molecule has 1 unspecified atom stereocenters. The molecule has 0 bridgehead atoms. The van der Waals surface area contributed by atoms with Crippen LogP contribution in [0.4, 0.5) is 4.39 Å². The van der Waals surface area contributed by atoms with E-state index in [0.717, 1.165) is 24.3 Å². The Balaban J connectivity index is 1.81. The second-order valence-electron chi connectivity index (χ2n) is 4.60. The maximum absolute atomic E-state index is 13.8. The molecule has 0 aliphatic carbocycles. The smallest absolute Gasteiger partial charge is 0.127 e. The van der Waals surface area contributed by atoms with Crippen molar-refractivity contribution in [1.82, 2.24) is 5.32 Å². The van der Waals surface area contributed by atoms with E-state index in [0.29, 0.717) is 0 Å². The van der Waals surface area contributed by atoms with Crippen LogP contribution in [0.25, 0.3) is 0 Å². The van der Waals surface area contributed by atoms with Gasteiger partial charge in [-0.05, 0) is 24.6 Å². The Morgan fingerprint density at radius 1 is 1.05 bits per heavy atom.